The second-order valence-electron chi connectivity index (χ2n) is 4.52. The molecule has 0 spiro atoms. The van der Waals surface area contributed by atoms with Crippen molar-refractivity contribution in [2.45, 2.75) is 38.5 Å². The third-order valence-corrected chi connectivity index (χ3v) is 2.60. The molecule has 0 bridgehead atoms. The zero-order valence-corrected chi connectivity index (χ0v) is 11.1. The van der Waals surface area contributed by atoms with E-state index in [0.717, 1.165) is 18.4 Å². The van der Waals surface area contributed by atoms with Crippen LogP contribution < -0.4 is 0 Å². The lowest BCUT2D eigenvalue weighted by molar-refractivity contribution is -0.157. The molecule has 0 aliphatic heterocycles. The van der Waals surface area contributed by atoms with E-state index in [4.69, 9.17) is 5.11 Å². The molecule has 6 heteroatoms. The molecule has 1 rings (SSSR count). The van der Waals surface area contributed by atoms with Gasteiger partial charge in [-0.2, -0.15) is 13.2 Å². The highest BCUT2D eigenvalue weighted by molar-refractivity contribution is 5.89. The van der Waals surface area contributed by atoms with Crippen LogP contribution in [0.1, 0.15) is 35.7 Å². The summed E-state index contributed by atoms with van der Waals surface area (Å²) in [5.41, 5.74) is 1.32. The van der Waals surface area contributed by atoms with Crippen molar-refractivity contribution in [3.05, 3.63) is 35.4 Å². The average molecular weight is 290 g/mol. The molecule has 1 atom stereocenters. The summed E-state index contributed by atoms with van der Waals surface area (Å²) in [5.74, 6) is -0.741. The van der Waals surface area contributed by atoms with Gasteiger partial charge < -0.3 is 9.84 Å². The normalized spacial score (nSPS) is 13.1. The molecular weight excluding hydrogens is 273 g/mol. The summed E-state index contributed by atoms with van der Waals surface area (Å²) in [6.07, 6.45) is -5.74. The van der Waals surface area contributed by atoms with Crippen LogP contribution in [0, 0.1) is 0 Å². The Morgan fingerprint density at radius 1 is 1.30 bits per heavy atom. The largest absolute Gasteiger partial charge is 0.459 e. The number of esters is 1. The number of aliphatic hydroxyl groups is 1. The van der Waals surface area contributed by atoms with Gasteiger partial charge in [0.1, 0.15) is 6.61 Å². The quantitative estimate of drug-likeness (QED) is 0.819. The predicted octanol–water partition coefficient (Wildman–Crippen LogP) is 3.11. The molecule has 0 saturated carbocycles. The minimum absolute atomic E-state index is 0.254. The van der Waals surface area contributed by atoms with E-state index in [9.17, 15) is 18.0 Å². The average Bonchev–Trinajstić information content (AvgIpc) is 2.35. The van der Waals surface area contributed by atoms with E-state index < -0.39 is 31.3 Å². The van der Waals surface area contributed by atoms with E-state index >= 15 is 0 Å². The van der Waals surface area contributed by atoms with E-state index in [-0.39, 0.29) is 5.56 Å². The van der Waals surface area contributed by atoms with Crippen molar-refractivity contribution in [2.24, 2.45) is 0 Å². The second kappa shape index (κ2) is 7.28. The first-order valence-electron chi connectivity index (χ1n) is 6.32. The zero-order chi connectivity index (χ0) is 15.2. The Morgan fingerprint density at radius 2 is 1.90 bits per heavy atom. The summed E-state index contributed by atoms with van der Waals surface area (Å²) in [6, 6.07) is 6.66. The maximum Gasteiger partial charge on any atom is 0.391 e. The first kappa shape index (κ1) is 16.5. The van der Waals surface area contributed by atoms with E-state index in [1.54, 1.807) is 24.3 Å². The monoisotopic (exact) mass is 290 g/mol. The summed E-state index contributed by atoms with van der Waals surface area (Å²) in [4.78, 5) is 11.6. The molecular formula is C14H17F3O3. The van der Waals surface area contributed by atoms with Crippen molar-refractivity contribution in [3.8, 4) is 0 Å². The van der Waals surface area contributed by atoms with Crippen LogP contribution in [-0.2, 0) is 11.2 Å². The van der Waals surface area contributed by atoms with Gasteiger partial charge >= 0.3 is 12.1 Å². The number of hydrogen-bond donors (Lipinski definition) is 1. The number of alkyl halides is 3. The third-order valence-electron chi connectivity index (χ3n) is 2.60. The smallest absolute Gasteiger partial charge is 0.391 e. The van der Waals surface area contributed by atoms with E-state index in [0.29, 0.717) is 0 Å². The first-order chi connectivity index (χ1) is 9.31. The topological polar surface area (TPSA) is 46.5 Å². The molecule has 0 unspecified atom stereocenters. The van der Waals surface area contributed by atoms with Gasteiger partial charge in [-0.05, 0) is 24.1 Å². The molecule has 1 aromatic carbocycles. The summed E-state index contributed by atoms with van der Waals surface area (Å²) in [5, 5.41) is 9.10. The number of aliphatic hydroxyl groups excluding tert-OH is 1. The molecule has 0 radical (unpaired) electrons. The standard InChI is InChI=1S/C14H17F3O3/c1-2-3-10-4-6-11(7-5-10)13(19)20-9-12(18)8-14(15,16)17/h4-7,12,18H,2-3,8-9H2,1H3/t12-/m1/s1. The molecule has 20 heavy (non-hydrogen) atoms. The van der Waals surface area contributed by atoms with Gasteiger partial charge in [-0.3, -0.25) is 0 Å². The van der Waals surface area contributed by atoms with Crippen LogP contribution in [0.5, 0.6) is 0 Å². The highest BCUT2D eigenvalue weighted by Gasteiger charge is 2.31. The number of carbonyl (C=O) groups is 1. The Morgan fingerprint density at radius 3 is 2.40 bits per heavy atom. The van der Waals surface area contributed by atoms with E-state index in [1.807, 2.05) is 6.92 Å². The molecule has 112 valence electrons. The Kier molecular flexibility index (Phi) is 6.01. The number of benzene rings is 1. The number of halogens is 3. The zero-order valence-electron chi connectivity index (χ0n) is 11.1. The lowest BCUT2D eigenvalue weighted by Crippen LogP contribution is -2.25. The van der Waals surface area contributed by atoms with Crippen molar-refractivity contribution in [3.63, 3.8) is 0 Å². The fourth-order valence-electron chi connectivity index (χ4n) is 1.68. The van der Waals surface area contributed by atoms with Crippen LogP contribution in [0.15, 0.2) is 24.3 Å². The van der Waals surface area contributed by atoms with Gasteiger partial charge in [0.05, 0.1) is 18.1 Å². The van der Waals surface area contributed by atoms with Gasteiger partial charge in [0.2, 0.25) is 0 Å². The fraction of sp³-hybridized carbons (Fsp3) is 0.500. The Hall–Kier alpha value is -1.56. The van der Waals surface area contributed by atoms with Gasteiger partial charge in [-0.15, -0.1) is 0 Å². The van der Waals surface area contributed by atoms with Crippen molar-refractivity contribution in [1.82, 2.24) is 0 Å². The van der Waals surface area contributed by atoms with Crippen molar-refractivity contribution in [2.75, 3.05) is 6.61 Å². The Bertz CT molecular complexity index is 426. The molecule has 0 aliphatic carbocycles. The Labute approximate surface area is 115 Å². The van der Waals surface area contributed by atoms with Crippen LogP contribution >= 0.6 is 0 Å². The molecule has 3 nitrogen and oxygen atoms in total. The number of aryl methyl sites for hydroxylation is 1. The van der Waals surface area contributed by atoms with Crippen LogP contribution in [-0.4, -0.2) is 30.0 Å². The molecule has 0 fully saturated rings. The van der Waals surface area contributed by atoms with Crippen LogP contribution in [0.2, 0.25) is 0 Å². The van der Waals surface area contributed by atoms with Gasteiger partial charge in [-0.25, -0.2) is 4.79 Å². The molecule has 1 N–H and O–H groups in total. The van der Waals surface area contributed by atoms with Crippen molar-refractivity contribution in [1.29, 1.82) is 0 Å². The minimum atomic E-state index is -4.48. The second-order valence-corrected chi connectivity index (χ2v) is 4.52. The van der Waals surface area contributed by atoms with Gasteiger partial charge in [-0.1, -0.05) is 25.5 Å². The van der Waals surface area contributed by atoms with Crippen molar-refractivity contribution < 1.29 is 27.8 Å². The van der Waals surface area contributed by atoms with Gasteiger partial charge in [0.15, 0.2) is 0 Å². The molecule has 0 aliphatic rings. The third kappa shape index (κ3) is 6.06. The van der Waals surface area contributed by atoms with Gasteiger partial charge in [0.25, 0.3) is 0 Å². The predicted molar refractivity (Wildman–Crippen MR) is 67.4 cm³/mol. The van der Waals surface area contributed by atoms with E-state index in [2.05, 4.69) is 4.74 Å². The highest BCUT2D eigenvalue weighted by Crippen LogP contribution is 2.21. The lowest BCUT2D eigenvalue weighted by atomic mass is 10.1. The summed E-state index contributed by atoms with van der Waals surface area (Å²) < 4.78 is 40.6. The van der Waals surface area contributed by atoms with Crippen molar-refractivity contribution >= 4 is 5.97 Å². The number of carbonyl (C=O) groups excluding carboxylic acids is 1. The number of rotatable bonds is 6. The highest BCUT2D eigenvalue weighted by atomic mass is 19.4. The molecule has 0 aromatic heterocycles. The maximum absolute atomic E-state index is 12.0. The summed E-state index contributed by atoms with van der Waals surface area (Å²) in [6.45, 7) is 1.36. The summed E-state index contributed by atoms with van der Waals surface area (Å²) >= 11 is 0. The number of hydrogen-bond acceptors (Lipinski definition) is 3. The molecule has 1 aromatic rings. The minimum Gasteiger partial charge on any atom is -0.459 e. The lowest BCUT2D eigenvalue weighted by Gasteiger charge is -2.13. The molecule has 0 heterocycles. The molecule has 0 saturated heterocycles. The van der Waals surface area contributed by atoms with E-state index in [1.165, 1.54) is 0 Å². The van der Waals surface area contributed by atoms with Crippen LogP contribution in [0.3, 0.4) is 0 Å². The van der Waals surface area contributed by atoms with Crippen LogP contribution in [0.25, 0.3) is 0 Å². The maximum atomic E-state index is 12.0. The van der Waals surface area contributed by atoms with Crippen LogP contribution in [0.4, 0.5) is 13.2 Å². The molecule has 0 amide bonds. The SMILES string of the molecule is CCCc1ccc(C(=O)OC[C@H](O)CC(F)(F)F)cc1. The summed E-state index contributed by atoms with van der Waals surface area (Å²) in [7, 11) is 0. The Balaban J connectivity index is 2.46. The first-order valence-corrected chi connectivity index (χ1v) is 6.32. The fourth-order valence-corrected chi connectivity index (χ4v) is 1.68. The number of ether oxygens (including phenoxy) is 1. The van der Waals surface area contributed by atoms with Gasteiger partial charge in [0, 0.05) is 0 Å².